The molecule has 1 N–H and O–H groups in total. The van der Waals surface area contributed by atoms with E-state index in [1.54, 1.807) is 42.3 Å². The SMILES string of the molecule is CCn1cc(S(=O)(=O)NCc2cccnc2-c2ccncc2)nc1C. The highest BCUT2D eigenvalue weighted by Crippen LogP contribution is 2.20. The molecule has 0 amide bonds. The number of nitrogens with one attached hydrogen (secondary N) is 1. The van der Waals surface area contributed by atoms with Crippen LogP contribution >= 0.6 is 0 Å². The Kier molecular flexibility index (Phi) is 4.91. The lowest BCUT2D eigenvalue weighted by Crippen LogP contribution is -2.24. The van der Waals surface area contributed by atoms with Gasteiger partial charge in [0.1, 0.15) is 5.82 Å². The van der Waals surface area contributed by atoms with Crippen LogP contribution in [-0.2, 0) is 23.1 Å². The van der Waals surface area contributed by atoms with Crippen molar-refractivity contribution in [1.82, 2.24) is 24.2 Å². The van der Waals surface area contributed by atoms with Crippen molar-refractivity contribution in [3.8, 4) is 11.3 Å². The number of rotatable bonds is 6. The number of aromatic nitrogens is 4. The maximum absolute atomic E-state index is 12.5. The highest BCUT2D eigenvalue weighted by atomic mass is 32.2. The summed E-state index contributed by atoms with van der Waals surface area (Å²) in [6, 6.07) is 7.31. The van der Waals surface area contributed by atoms with Crippen molar-refractivity contribution in [2.75, 3.05) is 0 Å². The number of imidazole rings is 1. The first-order valence-electron chi connectivity index (χ1n) is 7.89. The first kappa shape index (κ1) is 17.2. The van der Waals surface area contributed by atoms with Gasteiger partial charge in [0.2, 0.25) is 0 Å². The third-order valence-corrected chi connectivity index (χ3v) is 5.14. The lowest BCUT2D eigenvalue weighted by Gasteiger charge is -2.09. The Morgan fingerprint density at radius 2 is 1.92 bits per heavy atom. The lowest BCUT2D eigenvalue weighted by atomic mass is 10.1. The number of nitrogens with zero attached hydrogens (tertiary/aromatic N) is 4. The second kappa shape index (κ2) is 7.12. The van der Waals surface area contributed by atoms with E-state index in [0.717, 1.165) is 16.8 Å². The molecule has 0 radical (unpaired) electrons. The first-order valence-corrected chi connectivity index (χ1v) is 9.37. The van der Waals surface area contributed by atoms with Crippen molar-refractivity contribution < 1.29 is 8.42 Å². The highest BCUT2D eigenvalue weighted by molar-refractivity contribution is 7.89. The van der Waals surface area contributed by atoms with E-state index in [2.05, 4.69) is 19.7 Å². The molecule has 0 aliphatic carbocycles. The molecule has 0 aliphatic heterocycles. The zero-order valence-corrected chi connectivity index (χ0v) is 14.9. The van der Waals surface area contributed by atoms with Crippen LogP contribution in [0, 0.1) is 6.92 Å². The average Bonchev–Trinajstić information content (AvgIpc) is 3.03. The minimum Gasteiger partial charge on any atom is -0.334 e. The van der Waals surface area contributed by atoms with Crippen molar-refractivity contribution in [2.45, 2.75) is 32.0 Å². The molecule has 0 bridgehead atoms. The smallest absolute Gasteiger partial charge is 0.259 e. The second-order valence-corrected chi connectivity index (χ2v) is 7.20. The van der Waals surface area contributed by atoms with Crippen LogP contribution in [0.4, 0.5) is 0 Å². The summed E-state index contributed by atoms with van der Waals surface area (Å²) in [7, 11) is -3.69. The van der Waals surface area contributed by atoms with Gasteiger partial charge in [-0.15, -0.1) is 0 Å². The zero-order chi connectivity index (χ0) is 17.9. The van der Waals surface area contributed by atoms with Gasteiger partial charge in [-0.2, -0.15) is 0 Å². The lowest BCUT2D eigenvalue weighted by molar-refractivity contribution is 0.577. The second-order valence-electron chi connectivity index (χ2n) is 5.48. The van der Waals surface area contributed by atoms with E-state index >= 15 is 0 Å². The minimum atomic E-state index is -3.69. The Bertz CT molecular complexity index is 968. The van der Waals surface area contributed by atoms with E-state index < -0.39 is 10.0 Å². The molecule has 0 aliphatic rings. The van der Waals surface area contributed by atoms with Crippen LogP contribution in [0.25, 0.3) is 11.3 Å². The van der Waals surface area contributed by atoms with E-state index in [4.69, 9.17) is 0 Å². The van der Waals surface area contributed by atoms with Gasteiger partial charge in [-0.25, -0.2) is 18.1 Å². The number of hydrogen-bond acceptors (Lipinski definition) is 5. The molecule has 3 aromatic heterocycles. The topological polar surface area (TPSA) is 89.8 Å². The summed E-state index contributed by atoms with van der Waals surface area (Å²) in [6.45, 7) is 4.52. The minimum absolute atomic E-state index is 0.0289. The Morgan fingerprint density at radius 1 is 1.16 bits per heavy atom. The number of hydrogen-bond donors (Lipinski definition) is 1. The maximum atomic E-state index is 12.5. The monoisotopic (exact) mass is 357 g/mol. The standard InChI is InChI=1S/C17H19N5O2S/c1-3-22-12-16(21-13(22)2)25(23,24)20-11-15-5-4-8-19-17(15)14-6-9-18-10-7-14/h4-10,12,20H,3,11H2,1-2H3. The van der Waals surface area contributed by atoms with Gasteiger partial charge in [-0.3, -0.25) is 9.97 Å². The van der Waals surface area contributed by atoms with Gasteiger partial charge < -0.3 is 4.57 Å². The molecular formula is C17H19N5O2S. The molecule has 0 unspecified atom stereocenters. The van der Waals surface area contributed by atoms with Gasteiger partial charge in [0, 0.05) is 43.4 Å². The van der Waals surface area contributed by atoms with Gasteiger partial charge in [0.15, 0.2) is 5.03 Å². The molecule has 7 nitrogen and oxygen atoms in total. The molecule has 8 heteroatoms. The van der Waals surface area contributed by atoms with E-state index in [1.165, 1.54) is 0 Å². The Morgan fingerprint density at radius 3 is 2.60 bits per heavy atom. The van der Waals surface area contributed by atoms with Crippen LogP contribution in [0.1, 0.15) is 18.3 Å². The molecule has 0 fully saturated rings. The zero-order valence-electron chi connectivity index (χ0n) is 14.0. The third kappa shape index (κ3) is 3.75. The summed E-state index contributed by atoms with van der Waals surface area (Å²) >= 11 is 0. The molecule has 3 heterocycles. The molecule has 3 aromatic rings. The van der Waals surface area contributed by atoms with Gasteiger partial charge in [-0.1, -0.05) is 6.07 Å². The molecule has 0 saturated carbocycles. The number of pyridine rings is 2. The van der Waals surface area contributed by atoms with E-state index in [0.29, 0.717) is 12.4 Å². The van der Waals surface area contributed by atoms with E-state index in [-0.39, 0.29) is 11.6 Å². The highest BCUT2D eigenvalue weighted by Gasteiger charge is 2.19. The summed E-state index contributed by atoms with van der Waals surface area (Å²) in [5, 5.41) is 0.0289. The summed E-state index contributed by atoms with van der Waals surface area (Å²) in [6.07, 6.45) is 6.58. The quantitative estimate of drug-likeness (QED) is 0.730. The summed E-state index contributed by atoms with van der Waals surface area (Å²) in [5.41, 5.74) is 2.39. The van der Waals surface area contributed by atoms with Crippen molar-refractivity contribution >= 4 is 10.0 Å². The number of sulfonamides is 1. The normalized spacial score (nSPS) is 11.6. The van der Waals surface area contributed by atoms with Gasteiger partial charge in [0.05, 0.1) is 5.69 Å². The van der Waals surface area contributed by atoms with Crippen LogP contribution in [0.5, 0.6) is 0 Å². The van der Waals surface area contributed by atoms with Crippen LogP contribution in [0.15, 0.2) is 54.1 Å². The fraction of sp³-hybridized carbons (Fsp3) is 0.235. The van der Waals surface area contributed by atoms with Crippen LogP contribution in [0.3, 0.4) is 0 Å². The first-order chi connectivity index (χ1) is 12.0. The van der Waals surface area contributed by atoms with Gasteiger partial charge in [-0.05, 0) is 37.6 Å². The molecule has 3 rings (SSSR count). The van der Waals surface area contributed by atoms with Crippen molar-refractivity contribution in [2.24, 2.45) is 0 Å². The molecular weight excluding hydrogens is 338 g/mol. The molecule has 130 valence electrons. The fourth-order valence-corrected chi connectivity index (χ4v) is 3.54. The predicted molar refractivity (Wildman–Crippen MR) is 94.1 cm³/mol. The van der Waals surface area contributed by atoms with Crippen molar-refractivity contribution in [1.29, 1.82) is 0 Å². The third-order valence-electron chi connectivity index (χ3n) is 3.87. The summed E-state index contributed by atoms with van der Waals surface area (Å²) in [4.78, 5) is 12.5. The number of aryl methyl sites for hydroxylation is 2. The van der Waals surface area contributed by atoms with Crippen LogP contribution in [0.2, 0.25) is 0 Å². The van der Waals surface area contributed by atoms with Gasteiger partial charge >= 0.3 is 0 Å². The average molecular weight is 357 g/mol. The van der Waals surface area contributed by atoms with Crippen LogP contribution < -0.4 is 4.72 Å². The Hall–Kier alpha value is -2.58. The summed E-state index contributed by atoms with van der Waals surface area (Å²) in [5.74, 6) is 0.668. The predicted octanol–water partition coefficient (Wildman–Crippen LogP) is 2.15. The molecule has 25 heavy (non-hydrogen) atoms. The van der Waals surface area contributed by atoms with E-state index in [1.807, 2.05) is 25.1 Å². The Labute approximate surface area is 146 Å². The van der Waals surface area contributed by atoms with Crippen molar-refractivity contribution in [3.05, 3.63) is 60.4 Å². The van der Waals surface area contributed by atoms with Crippen molar-refractivity contribution in [3.63, 3.8) is 0 Å². The molecule has 0 saturated heterocycles. The Balaban J connectivity index is 1.84. The fourth-order valence-electron chi connectivity index (χ4n) is 2.53. The van der Waals surface area contributed by atoms with Gasteiger partial charge in [0.25, 0.3) is 10.0 Å². The molecule has 0 atom stereocenters. The summed E-state index contributed by atoms with van der Waals surface area (Å²) < 4.78 is 29.4. The largest absolute Gasteiger partial charge is 0.334 e. The van der Waals surface area contributed by atoms with E-state index in [9.17, 15) is 8.42 Å². The molecule has 0 aromatic carbocycles. The molecule has 0 spiro atoms. The van der Waals surface area contributed by atoms with Crippen LogP contribution in [-0.4, -0.2) is 27.9 Å². The maximum Gasteiger partial charge on any atom is 0.259 e.